The van der Waals surface area contributed by atoms with Gasteiger partial charge in [-0.15, -0.1) is 0 Å². The van der Waals surface area contributed by atoms with Crippen molar-refractivity contribution < 1.29 is 9.59 Å². The molecule has 30 heavy (non-hydrogen) atoms. The van der Waals surface area contributed by atoms with Gasteiger partial charge >= 0.3 is 0 Å². The summed E-state index contributed by atoms with van der Waals surface area (Å²) in [5.41, 5.74) is 3.28. The van der Waals surface area contributed by atoms with E-state index in [0.717, 1.165) is 35.9 Å². The molecule has 1 atom stereocenters. The zero-order chi connectivity index (χ0) is 21.3. The lowest BCUT2D eigenvalue weighted by atomic mass is 9.96. The summed E-state index contributed by atoms with van der Waals surface area (Å²) in [5.74, 6) is 0.832. The Morgan fingerprint density at radius 2 is 2.07 bits per heavy atom. The van der Waals surface area contributed by atoms with E-state index in [1.165, 1.54) is 4.90 Å². The molecule has 7 nitrogen and oxygen atoms in total. The fourth-order valence-corrected chi connectivity index (χ4v) is 4.10. The molecule has 1 fully saturated rings. The maximum absolute atomic E-state index is 13.0. The minimum absolute atomic E-state index is 0.0906. The highest BCUT2D eigenvalue weighted by Crippen LogP contribution is 2.26. The maximum Gasteiger partial charge on any atom is 0.256 e. The van der Waals surface area contributed by atoms with Crippen molar-refractivity contribution in [2.24, 2.45) is 0 Å². The summed E-state index contributed by atoms with van der Waals surface area (Å²) < 4.78 is 0. The van der Waals surface area contributed by atoms with E-state index in [-0.39, 0.29) is 17.7 Å². The SMILES string of the molecule is Cc1nc([C@@H]2CCCN(C(=O)Cc3c[nH]c4ccccc34)C2)ncc1C(=O)N(C)C. The first kappa shape index (κ1) is 20.1. The molecule has 1 saturated heterocycles. The average Bonchev–Trinajstić information content (AvgIpc) is 3.16. The number of likely N-dealkylation sites (tertiary alicyclic amines) is 1. The van der Waals surface area contributed by atoms with E-state index in [0.29, 0.717) is 30.0 Å². The van der Waals surface area contributed by atoms with Crippen LogP contribution < -0.4 is 0 Å². The normalized spacial score (nSPS) is 16.6. The molecule has 1 aliphatic heterocycles. The van der Waals surface area contributed by atoms with E-state index < -0.39 is 0 Å². The van der Waals surface area contributed by atoms with E-state index in [1.807, 2.05) is 42.3 Å². The topological polar surface area (TPSA) is 82.2 Å². The number of aromatic nitrogens is 3. The fourth-order valence-electron chi connectivity index (χ4n) is 4.10. The second-order valence-corrected chi connectivity index (χ2v) is 8.14. The van der Waals surface area contributed by atoms with Crippen LogP contribution in [0.2, 0.25) is 0 Å². The largest absolute Gasteiger partial charge is 0.361 e. The zero-order valence-corrected chi connectivity index (χ0v) is 17.7. The van der Waals surface area contributed by atoms with Crippen molar-refractivity contribution in [1.82, 2.24) is 24.8 Å². The van der Waals surface area contributed by atoms with Crippen LogP contribution in [0.5, 0.6) is 0 Å². The third kappa shape index (κ3) is 3.92. The molecule has 4 rings (SSSR count). The summed E-state index contributed by atoms with van der Waals surface area (Å²) in [6, 6.07) is 8.04. The minimum Gasteiger partial charge on any atom is -0.361 e. The molecule has 1 aromatic carbocycles. The number of hydrogen-bond donors (Lipinski definition) is 1. The second kappa shape index (κ2) is 8.26. The molecule has 0 aliphatic carbocycles. The van der Waals surface area contributed by atoms with Gasteiger partial charge < -0.3 is 14.8 Å². The number of fused-ring (bicyclic) bond motifs is 1. The fraction of sp³-hybridized carbons (Fsp3) is 0.391. The van der Waals surface area contributed by atoms with Crippen LogP contribution >= 0.6 is 0 Å². The lowest BCUT2D eigenvalue weighted by Gasteiger charge is -2.32. The highest BCUT2D eigenvalue weighted by atomic mass is 16.2. The van der Waals surface area contributed by atoms with Crippen molar-refractivity contribution in [2.45, 2.75) is 32.1 Å². The van der Waals surface area contributed by atoms with Gasteiger partial charge in [0.15, 0.2) is 0 Å². The molecule has 0 saturated carbocycles. The number of rotatable bonds is 4. The molecule has 1 N–H and O–H groups in total. The molecule has 3 aromatic rings. The molecule has 2 aromatic heterocycles. The van der Waals surface area contributed by atoms with Crippen LogP contribution in [0.15, 0.2) is 36.7 Å². The van der Waals surface area contributed by atoms with Gasteiger partial charge in [0, 0.05) is 56.4 Å². The molecule has 0 bridgehead atoms. The Labute approximate surface area is 176 Å². The number of amides is 2. The van der Waals surface area contributed by atoms with Crippen molar-refractivity contribution in [1.29, 1.82) is 0 Å². The van der Waals surface area contributed by atoms with Gasteiger partial charge in [-0.2, -0.15) is 0 Å². The van der Waals surface area contributed by atoms with E-state index in [9.17, 15) is 9.59 Å². The average molecular weight is 406 g/mol. The van der Waals surface area contributed by atoms with Crippen molar-refractivity contribution in [3.8, 4) is 0 Å². The number of nitrogens with zero attached hydrogens (tertiary/aromatic N) is 4. The van der Waals surface area contributed by atoms with E-state index in [2.05, 4.69) is 15.0 Å². The Balaban J connectivity index is 1.47. The van der Waals surface area contributed by atoms with Gasteiger partial charge in [0.2, 0.25) is 5.91 Å². The number of nitrogens with one attached hydrogen (secondary N) is 1. The van der Waals surface area contributed by atoms with E-state index >= 15 is 0 Å². The number of para-hydroxylation sites is 1. The number of benzene rings is 1. The van der Waals surface area contributed by atoms with Gasteiger partial charge in [0.05, 0.1) is 17.7 Å². The Kier molecular flexibility index (Phi) is 5.53. The standard InChI is InChI=1S/C23H27N5O2/c1-15-19(23(30)27(2)3)13-25-22(26-15)16-7-6-10-28(14-16)21(29)11-17-12-24-20-9-5-4-8-18(17)20/h4-5,8-9,12-13,16,24H,6-7,10-11,14H2,1-3H3/t16-/m1/s1. The Morgan fingerprint density at radius 3 is 2.83 bits per heavy atom. The predicted molar refractivity (Wildman–Crippen MR) is 115 cm³/mol. The molecule has 0 radical (unpaired) electrons. The highest BCUT2D eigenvalue weighted by Gasteiger charge is 2.27. The second-order valence-electron chi connectivity index (χ2n) is 8.14. The quantitative estimate of drug-likeness (QED) is 0.724. The maximum atomic E-state index is 13.0. The van der Waals surface area contributed by atoms with E-state index in [1.54, 1.807) is 20.3 Å². The minimum atomic E-state index is -0.0989. The van der Waals surface area contributed by atoms with Crippen molar-refractivity contribution in [3.05, 3.63) is 59.3 Å². The summed E-state index contributed by atoms with van der Waals surface area (Å²) in [6.07, 6.45) is 5.79. The molecule has 0 unspecified atom stereocenters. The smallest absolute Gasteiger partial charge is 0.256 e. The van der Waals surface area contributed by atoms with Crippen LogP contribution in [0, 0.1) is 6.92 Å². The number of aryl methyl sites for hydroxylation is 1. The molecule has 3 heterocycles. The van der Waals surface area contributed by atoms with E-state index in [4.69, 9.17) is 0 Å². The van der Waals surface area contributed by atoms with Crippen LogP contribution in [0.3, 0.4) is 0 Å². The van der Waals surface area contributed by atoms with Crippen molar-refractivity contribution >= 4 is 22.7 Å². The van der Waals surface area contributed by atoms with Gasteiger partial charge in [-0.25, -0.2) is 9.97 Å². The van der Waals surface area contributed by atoms with Crippen LogP contribution in [-0.2, 0) is 11.2 Å². The van der Waals surface area contributed by atoms with Gasteiger partial charge in [-0.1, -0.05) is 18.2 Å². The van der Waals surface area contributed by atoms with Crippen LogP contribution in [0.25, 0.3) is 10.9 Å². The Hall–Kier alpha value is -3.22. The first-order valence-corrected chi connectivity index (χ1v) is 10.3. The number of hydrogen-bond acceptors (Lipinski definition) is 4. The van der Waals surface area contributed by atoms with Gasteiger partial charge in [-0.3, -0.25) is 9.59 Å². The first-order valence-electron chi connectivity index (χ1n) is 10.3. The third-order valence-corrected chi connectivity index (χ3v) is 5.79. The van der Waals surface area contributed by atoms with Gasteiger partial charge in [0.25, 0.3) is 5.91 Å². The number of H-pyrrole nitrogens is 1. The summed E-state index contributed by atoms with van der Waals surface area (Å²) in [5, 5.41) is 1.10. The number of carbonyl (C=O) groups excluding carboxylic acids is 2. The summed E-state index contributed by atoms with van der Waals surface area (Å²) in [7, 11) is 3.43. The summed E-state index contributed by atoms with van der Waals surface area (Å²) in [4.78, 5) is 41.0. The molecule has 0 spiro atoms. The van der Waals surface area contributed by atoms with Gasteiger partial charge in [0.1, 0.15) is 5.82 Å². The van der Waals surface area contributed by atoms with Crippen molar-refractivity contribution in [3.63, 3.8) is 0 Å². The Bertz CT molecular complexity index is 1090. The van der Waals surface area contributed by atoms with Crippen LogP contribution in [0.4, 0.5) is 0 Å². The zero-order valence-electron chi connectivity index (χ0n) is 17.7. The van der Waals surface area contributed by atoms with Crippen LogP contribution in [0.1, 0.15) is 46.2 Å². The lowest BCUT2D eigenvalue weighted by molar-refractivity contribution is -0.131. The van der Waals surface area contributed by atoms with Gasteiger partial charge in [-0.05, 0) is 31.4 Å². The summed E-state index contributed by atoms with van der Waals surface area (Å²) >= 11 is 0. The molecule has 1 aliphatic rings. The molecular formula is C23H27N5O2. The molecule has 7 heteroatoms. The lowest BCUT2D eigenvalue weighted by Crippen LogP contribution is -2.40. The first-order chi connectivity index (χ1) is 14.4. The monoisotopic (exact) mass is 405 g/mol. The summed E-state index contributed by atoms with van der Waals surface area (Å²) in [6.45, 7) is 3.21. The number of piperidine rings is 1. The number of carbonyl (C=O) groups is 2. The van der Waals surface area contributed by atoms with Crippen molar-refractivity contribution in [2.75, 3.05) is 27.2 Å². The molecule has 156 valence electrons. The number of aromatic amines is 1. The molecular weight excluding hydrogens is 378 g/mol. The van der Waals surface area contributed by atoms with Crippen LogP contribution in [-0.4, -0.2) is 63.8 Å². The highest BCUT2D eigenvalue weighted by molar-refractivity contribution is 5.94. The third-order valence-electron chi connectivity index (χ3n) is 5.79. The Morgan fingerprint density at radius 1 is 1.27 bits per heavy atom. The molecule has 2 amide bonds. The predicted octanol–water partition coefficient (Wildman–Crippen LogP) is 2.92.